The summed E-state index contributed by atoms with van der Waals surface area (Å²) in [5, 5.41) is 3.16. The van der Waals surface area contributed by atoms with E-state index in [4.69, 9.17) is 30.8 Å². The third-order valence-electron chi connectivity index (χ3n) is 5.20. The molecule has 0 radical (unpaired) electrons. The van der Waals surface area contributed by atoms with Crippen molar-refractivity contribution in [1.82, 2.24) is 4.98 Å². The molecule has 0 saturated carbocycles. The fraction of sp³-hybridized carbons (Fsp3) is 0.154. The van der Waals surface area contributed by atoms with Gasteiger partial charge in [0.15, 0.2) is 16.6 Å². The van der Waals surface area contributed by atoms with Gasteiger partial charge in [0.2, 0.25) is 5.75 Å². The molecule has 174 valence electrons. The summed E-state index contributed by atoms with van der Waals surface area (Å²) in [6, 6.07) is 20.5. The number of carbonyl (C=O) groups is 1. The van der Waals surface area contributed by atoms with Crippen LogP contribution >= 0.6 is 22.9 Å². The van der Waals surface area contributed by atoms with E-state index in [1.807, 2.05) is 60.0 Å². The van der Waals surface area contributed by atoms with Gasteiger partial charge >= 0.3 is 0 Å². The molecule has 0 bridgehead atoms. The van der Waals surface area contributed by atoms with Crippen molar-refractivity contribution in [2.24, 2.45) is 0 Å². The highest BCUT2D eigenvalue weighted by Gasteiger charge is 2.25. The summed E-state index contributed by atoms with van der Waals surface area (Å²) in [6.07, 6.45) is 0. The lowest BCUT2D eigenvalue weighted by atomic mass is 10.1. The number of benzene rings is 3. The van der Waals surface area contributed by atoms with E-state index in [0.717, 1.165) is 16.8 Å². The molecule has 0 aliphatic rings. The smallest absolute Gasteiger partial charge is 0.260 e. The molecule has 4 aromatic rings. The Morgan fingerprint density at radius 2 is 1.59 bits per heavy atom. The Morgan fingerprint density at radius 1 is 0.941 bits per heavy atom. The Balaban J connectivity index is 1.75. The molecule has 0 aliphatic heterocycles. The number of methoxy groups -OCH3 is 3. The van der Waals surface area contributed by atoms with Gasteiger partial charge in [-0.1, -0.05) is 54.1 Å². The zero-order valence-electron chi connectivity index (χ0n) is 18.9. The summed E-state index contributed by atoms with van der Waals surface area (Å²) >= 11 is 7.43. The summed E-state index contributed by atoms with van der Waals surface area (Å²) in [4.78, 5) is 20.2. The van der Waals surface area contributed by atoms with Crippen LogP contribution in [0, 0.1) is 0 Å². The summed E-state index contributed by atoms with van der Waals surface area (Å²) in [5.41, 5.74) is 3.07. The Morgan fingerprint density at radius 3 is 2.18 bits per heavy atom. The number of halogens is 1. The highest BCUT2D eigenvalue weighted by molar-refractivity contribution is 7.14. The van der Waals surface area contributed by atoms with Gasteiger partial charge in [-0.3, -0.25) is 9.69 Å². The molecule has 34 heavy (non-hydrogen) atoms. The fourth-order valence-electron chi connectivity index (χ4n) is 3.49. The second-order valence-corrected chi connectivity index (χ2v) is 8.59. The van der Waals surface area contributed by atoms with E-state index < -0.39 is 0 Å². The summed E-state index contributed by atoms with van der Waals surface area (Å²) in [6.45, 7) is 0.351. The zero-order chi connectivity index (χ0) is 24.1. The van der Waals surface area contributed by atoms with Crippen LogP contribution in [0.3, 0.4) is 0 Å². The largest absolute Gasteiger partial charge is 0.493 e. The van der Waals surface area contributed by atoms with Crippen LogP contribution in [0.1, 0.15) is 15.9 Å². The average molecular weight is 495 g/mol. The van der Waals surface area contributed by atoms with Gasteiger partial charge in [0.05, 0.1) is 33.6 Å². The molecule has 0 fully saturated rings. The van der Waals surface area contributed by atoms with Crippen molar-refractivity contribution in [2.45, 2.75) is 6.54 Å². The lowest BCUT2D eigenvalue weighted by molar-refractivity contribution is 0.0984. The second kappa shape index (κ2) is 10.6. The van der Waals surface area contributed by atoms with Gasteiger partial charge in [-0.15, -0.1) is 11.3 Å². The van der Waals surface area contributed by atoms with Crippen molar-refractivity contribution in [3.63, 3.8) is 0 Å². The van der Waals surface area contributed by atoms with Crippen molar-refractivity contribution in [2.75, 3.05) is 26.2 Å². The number of thiazole rings is 1. The molecule has 0 spiro atoms. The van der Waals surface area contributed by atoms with E-state index in [-0.39, 0.29) is 5.91 Å². The van der Waals surface area contributed by atoms with Gasteiger partial charge in [0.25, 0.3) is 5.91 Å². The van der Waals surface area contributed by atoms with Crippen LogP contribution in [0.5, 0.6) is 17.2 Å². The standard InChI is InChI=1S/C26H23ClN2O4S/c1-31-22-13-19(14-23(32-2)24(22)33-3)25(30)29(15-17-7-5-4-6-8-17)26-28-21(16-34-26)18-9-11-20(27)12-10-18/h4-14,16H,15H2,1-3H3. The highest BCUT2D eigenvalue weighted by atomic mass is 35.5. The number of rotatable bonds is 8. The SMILES string of the molecule is COc1cc(C(=O)N(Cc2ccccc2)c2nc(-c3ccc(Cl)cc3)cs2)cc(OC)c1OC. The molecule has 3 aromatic carbocycles. The van der Waals surface area contributed by atoms with Crippen molar-refractivity contribution in [1.29, 1.82) is 0 Å². The maximum absolute atomic E-state index is 13.8. The molecular formula is C26H23ClN2O4S. The van der Waals surface area contributed by atoms with E-state index in [9.17, 15) is 4.79 Å². The van der Waals surface area contributed by atoms with E-state index in [2.05, 4.69) is 0 Å². The molecule has 1 aromatic heterocycles. The van der Waals surface area contributed by atoms with E-state index in [1.54, 1.807) is 17.0 Å². The predicted molar refractivity (Wildman–Crippen MR) is 136 cm³/mol. The van der Waals surface area contributed by atoms with Crippen LogP contribution in [0.2, 0.25) is 5.02 Å². The number of nitrogens with zero attached hydrogens (tertiary/aromatic N) is 2. The first kappa shape index (κ1) is 23.6. The van der Waals surface area contributed by atoms with Gasteiger partial charge in [0, 0.05) is 21.5 Å². The van der Waals surface area contributed by atoms with E-state index in [0.29, 0.717) is 39.5 Å². The maximum Gasteiger partial charge on any atom is 0.260 e. The first-order valence-electron chi connectivity index (χ1n) is 10.4. The van der Waals surface area contributed by atoms with Crippen molar-refractivity contribution in [3.8, 4) is 28.5 Å². The number of amides is 1. The fourth-order valence-corrected chi connectivity index (χ4v) is 4.45. The molecule has 1 amide bonds. The predicted octanol–water partition coefficient (Wildman–Crippen LogP) is 6.34. The second-order valence-electron chi connectivity index (χ2n) is 7.31. The molecule has 0 saturated heterocycles. The van der Waals surface area contributed by atoms with Crippen molar-refractivity contribution >= 4 is 34.0 Å². The number of ether oxygens (including phenoxy) is 3. The number of carbonyl (C=O) groups excluding carboxylic acids is 1. The van der Waals surface area contributed by atoms with Crippen LogP contribution < -0.4 is 19.1 Å². The molecule has 8 heteroatoms. The normalized spacial score (nSPS) is 10.6. The maximum atomic E-state index is 13.8. The molecule has 0 aliphatic carbocycles. The monoisotopic (exact) mass is 494 g/mol. The lowest BCUT2D eigenvalue weighted by Crippen LogP contribution is -2.30. The molecule has 0 N–H and O–H groups in total. The molecule has 0 unspecified atom stereocenters. The zero-order valence-corrected chi connectivity index (χ0v) is 20.5. The van der Waals surface area contributed by atoms with Gasteiger partial charge in [-0.2, -0.15) is 0 Å². The van der Waals surface area contributed by atoms with Gasteiger partial charge in [0.1, 0.15) is 0 Å². The molecule has 6 nitrogen and oxygen atoms in total. The minimum absolute atomic E-state index is 0.236. The van der Waals surface area contributed by atoms with Crippen LogP contribution in [0.25, 0.3) is 11.3 Å². The number of anilines is 1. The van der Waals surface area contributed by atoms with Crippen LogP contribution in [0.4, 0.5) is 5.13 Å². The Bertz CT molecular complexity index is 1250. The molecular weight excluding hydrogens is 472 g/mol. The van der Waals surface area contributed by atoms with Crippen molar-refractivity contribution < 1.29 is 19.0 Å². The third-order valence-corrected chi connectivity index (χ3v) is 6.32. The quantitative estimate of drug-likeness (QED) is 0.286. The number of aromatic nitrogens is 1. The van der Waals surface area contributed by atoms with Gasteiger partial charge in [-0.25, -0.2) is 4.98 Å². The van der Waals surface area contributed by atoms with E-state index >= 15 is 0 Å². The van der Waals surface area contributed by atoms with Gasteiger partial charge in [-0.05, 0) is 29.8 Å². The lowest BCUT2D eigenvalue weighted by Gasteiger charge is -2.21. The average Bonchev–Trinajstić information content (AvgIpc) is 3.37. The first-order valence-corrected chi connectivity index (χ1v) is 11.7. The topological polar surface area (TPSA) is 60.9 Å². The van der Waals surface area contributed by atoms with Crippen LogP contribution in [-0.4, -0.2) is 32.2 Å². The Kier molecular flexibility index (Phi) is 7.35. The Hall–Kier alpha value is -3.55. The number of hydrogen-bond acceptors (Lipinski definition) is 6. The third kappa shape index (κ3) is 5.00. The van der Waals surface area contributed by atoms with Crippen molar-refractivity contribution in [3.05, 3.63) is 88.3 Å². The Labute approximate surface area is 207 Å². The van der Waals surface area contributed by atoms with E-state index in [1.165, 1.54) is 32.7 Å². The molecule has 1 heterocycles. The minimum atomic E-state index is -0.236. The van der Waals surface area contributed by atoms with Crippen LogP contribution in [0.15, 0.2) is 72.1 Å². The minimum Gasteiger partial charge on any atom is -0.493 e. The first-order chi connectivity index (χ1) is 16.5. The number of hydrogen-bond donors (Lipinski definition) is 0. The highest BCUT2D eigenvalue weighted by Crippen LogP contribution is 2.39. The van der Waals surface area contributed by atoms with Crippen LogP contribution in [-0.2, 0) is 6.54 Å². The van der Waals surface area contributed by atoms with Gasteiger partial charge < -0.3 is 14.2 Å². The summed E-state index contributed by atoms with van der Waals surface area (Å²) in [5.74, 6) is 1.01. The molecule has 4 rings (SSSR count). The summed E-state index contributed by atoms with van der Waals surface area (Å²) < 4.78 is 16.3. The molecule has 0 atom stereocenters. The summed E-state index contributed by atoms with van der Waals surface area (Å²) in [7, 11) is 4.57.